The van der Waals surface area contributed by atoms with E-state index in [9.17, 15) is 9.59 Å². The smallest absolute Gasteiger partial charge is 0.326 e. The van der Waals surface area contributed by atoms with Gasteiger partial charge in [-0.25, -0.2) is 4.79 Å². The van der Waals surface area contributed by atoms with Crippen LogP contribution < -0.4 is 5.69 Å². The van der Waals surface area contributed by atoms with Crippen molar-refractivity contribution in [2.75, 3.05) is 6.61 Å². The van der Waals surface area contributed by atoms with E-state index < -0.39 is 0 Å². The number of aryl methyl sites for hydroxylation is 3. The highest BCUT2D eigenvalue weighted by Gasteiger charge is 2.08. The minimum absolute atomic E-state index is 0.136. The van der Waals surface area contributed by atoms with Crippen LogP contribution in [0.15, 0.2) is 47.3 Å². The van der Waals surface area contributed by atoms with Crippen LogP contribution >= 0.6 is 0 Å². The van der Waals surface area contributed by atoms with E-state index in [4.69, 9.17) is 4.74 Å². The zero-order valence-electron chi connectivity index (χ0n) is 14.5. The second kappa shape index (κ2) is 7.38. The van der Waals surface area contributed by atoms with E-state index in [-0.39, 0.29) is 18.1 Å². The summed E-state index contributed by atoms with van der Waals surface area (Å²) in [6.07, 6.45) is 0.870. The lowest BCUT2D eigenvalue weighted by Crippen LogP contribution is -2.18. The Bertz CT molecular complexity index is 953. The van der Waals surface area contributed by atoms with Gasteiger partial charge in [0.25, 0.3) is 0 Å². The van der Waals surface area contributed by atoms with Crippen LogP contribution in [0.2, 0.25) is 0 Å². The zero-order valence-corrected chi connectivity index (χ0v) is 14.5. The summed E-state index contributed by atoms with van der Waals surface area (Å²) in [7, 11) is 0. The molecule has 3 aromatic rings. The topological polar surface area (TPSA) is 64.1 Å². The lowest BCUT2D eigenvalue weighted by molar-refractivity contribution is -0.142. The van der Waals surface area contributed by atoms with Crippen molar-refractivity contribution in [1.82, 2.24) is 9.55 Å². The summed E-state index contributed by atoms with van der Waals surface area (Å²) in [5.74, 6) is -0.241. The molecule has 0 amide bonds. The molecule has 0 aliphatic heterocycles. The number of fused-ring (bicyclic) bond motifs is 1. The zero-order chi connectivity index (χ0) is 17.8. The number of imidazole rings is 1. The first kappa shape index (κ1) is 17.0. The van der Waals surface area contributed by atoms with Crippen LogP contribution in [-0.4, -0.2) is 22.1 Å². The maximum absolute atomic E-state index is 12.0. The Morgan fingerprint density at radius 3 is 2.72 bits per heavy atom. The Labute approximate surface area is 146 Å². The first-order valence-electron chi connectivity index (χ1n) is 8.44. The van der Waals surface area contributed by atoms with Crippen molar-refractivity contribution in [1.29, 1.82) is 0 Å². The quantitative estimate of drug-likeness (QED) is 0.555. The highest BCUT2D eigenvalue weighted by Crippen LogP contribution is 2.11. The summed E-state index contributed by atoms with van der Waals surface area (Å²) < 4.78 is 6.97. The Hall–Kier alpha value is -2.82. The third-order valence-corrected chi connectivity index (χ3v) is 4.39. The molecule has 1 N–H and O–H groups in total. The van der Waals surface area contributed by atoms with Crippen molar-refractivity contribution in [3.8, 4) is 0 Å². The second-order valence-electron chi connectivity index (χ2n) is 6.27. The molecule has 0 saturated carbocycles. The maximum atomic E-state index is 12.0. The summed E-state index contributed by atoms with van der Waals surface area (Å²) in [6.45, 7) is 4.89. The number of ether oxygens (including phenoxy) is 1. The minimum atomic E-state index is -0.241. The fourth-order valence-corrected chi connectivity index (χ4v) is 2.87. The molecule has 0 spiro atoms. The number of para-hydroxylation sites is 2. The number of carbonyl (C=O) groups excluding carboxylic acids is 1. The van der Waals surface area contributed by atoms with E-state index >= 15 is 0 Å². The number of hydrogen-bond donors (Lipinski definition) is 1. The summed E-state index contributed by atoms with van der Waals surface area (Å²) in [5, 5.41) is 0. The molecular weight excluding hydrogens is 316 g/mol. The predicted molar refractivity (Wildman–Crippen MR) is 97.8 cm³/mol. The van der Waals surface area contributed by atoms with Crippen LogP contribution in [0.5, 0.6) is 0 Å². The summed E-state index contributed by atoms with van der Waals surface area (Å²) >= 11 is 0. The molecule has 0 fully saturated rings. The molecule has 5 nitrogen and oxygen atoms in total. The number of aromatic nitrogens is 2. The lowest BCUT2D eigenvalue weighted by Gasteiger charge is -2.07. The molecule has 0 radical (unpaired) electrons. The van der Waals surface area contributed by atoms with Gasteiger partial charge in [0.1, 0.15) is 0 Å². The van der Waals surface area contributed by atoms with Crippen molar-refractivity contribution in [3.63, 3.8) is 0 Å². The Kier molecular flexibility index (Phi) is 5.03. The van der Waals surface area contributed by atoms with Crippen molar-refractivity contribution >= 4 is 17.0 Å². The molecule has 1 heterocycles. The number of benzene rings is 2. The van der Waals surface area contributed by atoms with Gasteiger partial charge in [-0.2, -0.15) is 0 Å². The van der Waals surface area contributed by atoms with Crippen molar-refractivity contribution < 1.29 is 9.53 Å². The van der Waals surface area contributed by atoms with Gasteiger partial charge in [-0.05, 0) is 49.1 Å². The van der Waals surface area contributed by atoms with E-state index in [1.807, 2.05) is 56.3 Å². The average molecular weight is 338 g/mol. The van der Waals surface area contributed by atoms with Crippen LogP contribution in [-0.2, 0) is 22.5 Å². The Balaban J connectivity index is 1.51. The van der Waals surface area contributed by atoms with Gasteiger partial charge in [-0.15, -0.1) is 0 Å². The molecule has 0 atom stereocenters. The third kappa shape index (κ3) is 3.99. The van der Waals surface area contributed by atoms with Crippen LogP contribution in [0.4, 0.5) is 0 Å². The summed E-state index contributed by atoms with van der Waals surface area (Å²) in [6, 6.07) is 13.5. The van der Waals surface area contributed by atoms with Crippen molar-refractivity contribution in [3.05, 3.63) is 69.6 Å². The third-order valence-electron chi connectivity index (χ3n) is 4.39. The van der Waals surface area contributed by atoms with Gasteiger partial charge in [-0.1, -0.05) is 30.3 Å². The van der Waals surface area contributed by atoms with Crippen LogP contribution in [0, 0.1) is 13.8 Å². The van der Waals surface area contributed by atoms with Gasteiger partial charge in [0.05, 0.1) is 24.1 Å². The molecule has 0 aliphatic carbocycles. The number of esters is 1. The van der Waals surface area contributed by atoms with Crippen molar-refractivity contribution in [2.45, 2.75) is 33.2 Å². The Morgan fingerprint density at radius 2 is 1.92 bits per heavy atom. The molecule has 5 heteroatoms. The number of nitrogens with zero attached hydrogens (tertiary/aromatic N) is 1. The van der Waals surface area contributed by atoms with Crippen LogP contribution in [0.3, 0.4) is 0 Å². The van der Waals surface area contributed by atoms with E-state index in [0.29, 0.717) is 19.6 Å². The lowest BCUT2D eigenvalue weighted by atomic mass is 10.0. The molecule has 2 aromatic carbocycles. The maximum Gasteiger partial charge on any atom is 0.326 e. The van der Waals surface area contributed by atoms with E-state index in [0.717, 1.165) is 16.6 Å². The largest absolute Gasteiger partial charge is 0.465 e. The van der Waals surface area contributed by atoms with Gasteiger partial charge >= 0.3 is 11.7 Å². The highest BCUT2D eigenvalue weighted by atomic mass is 16.5. The van der Waals surface area contributed by atoms with Gasteiger partial charge in [0, 0.05) is 6.54 Å². The minimum Gasteiger partial charge on any atom is -0.465 e. The summed E-state index contributed by atoms with van der Waals surface area (Å²) in [4.78, 5) is 26.7. The van der Waals surface area contributed by atoms with E-state index in [1.54, 1.807) is 4.57 Å². The molecule has 1 aromatic heterocycles. The number of hydrogen-bond acceptors (Lipinski definition) is 3. The van der Waals surface area contributed by atoms with Crippen LogP contribution in [0.1, 0.15) is 23.1 Å². The fraction of sp³-hybridized carbons (Fsp3) is 0.300. The van der Waals surface area contributed by atoms with Crippen LogP contribution in [0.25, 0.3) is 11.0 Å². The molecule has 0 saturated heterocycles. The molecule has 0 bridgehead atoms. The second-order valence-corrected chi connectivity index (χ2v) is 6.27. The average Bonchev–Trinajstić information content (AvgIpc) is 2.90. The molecule has 130 valence electrons. The normalized spacial score (nSPS) is 11.0. The molecular formula is C20H22N2O3. The SMILES string of the molecule is Cc1ccc(CC(=O)OCCCn2c(=O)[nH]c3ccccc32)cc1C. The van der Waals surface area contributed by atoms with Gasteiger partial charge in [0.15, 0.2) is 0 Å². The molecule has 0 unspecified atom stereocenters. The number of carbonyl (C=O) groups is 1. The number of nitrogens with one attached hydrogen (secondary N) is 1. The highest BCUT2D eigenvalue weighted by molar-refractivity contribution is 5.75. The number of H-pyrrole nitrogens is 1. The van der Waals surface area contributed by atoms with Gasteiger partial charge in [-0.3, -0.25) is 9.36 Å². The standard InChI is InChI=1S/C20H22N2O3/c1-14-8-9-16(12-15(14)2)13-19(23)25-11-5-10-22-18-7-4-3-6-17(18)21-20(22)24/h3-4,6-9,12H,5,10-11,13H2,1-2H3,(H,21,24). The molecule has 3 rings (SSSR count). The summed E-state index contributed by atoms with van der Waals surface area (Å²) in [5.41, 5.74) is 4.89. The number of rotatable bonds is 6. The fourth-order valence-electron chi connectivity index (χ4n) is 2.87. The number of aromatic amines is 1. The van der Waals surface area contributed by atoms with E-state index in [2.05, 4.69) is 4.98 Å². The Morgan fingerprint density at radius 1 is 1.12 bits per heavy atom. The monoisotopic (exact) mass is 338 g/mol. The first-order valence-corrected chi connectivity index (χ1v) is 8.44. The van der Waals surface area contributed by atoms with Gasteiger partial charge in [0.2, 0.25) is 0 Å². The predicted octanol–water partition coefficient (Wildman–Crippen LogP) is 3.12. The first-order chi connectivity index (χ1) is 12.0. The van der Waals surface area contributed by atoms with Gasteiger partial charge < -0.3 is 9.72 Å². The van der Waals surface area contributed by atoms with Crippen molar-refractivity contribution in [2.24, 2.45) is 0 Å². The molecule has 0 aliphatic rings. The molecule has 25 heavy (non-hydrogen) atoms. The van der Waals surface area contributed by atoms with E-state index in [1.165, 1.54) is 11.1 Å².